The number of rotatable bonds is 10. The molecule has 0 bridgehead atoms. The molecule has 2 aromatic rings. The average Bonchev–Trinajstić information content (AvgIpc) is 2.61. The van der Waals surface area contributed by atoms with E-state index in [0.717, 1.165) is 5.56 Å². The summed E-state index contributed by atoms with van der Waals surface area (Å²) in [5.74, 6) is -0.318. The summed E-state index contributed by atoms with van der Waals surface area (Å²) in [7, 11) is 0. The topological polar surface area (TPSA) is 52.9 Å². The van der Waals surface area contributed by atoms with Gasteiger partial charge in [-0.3, -0.25) is 4.90 Å². The van der Waals surface area contributed by atoms with E-state index in [1.54, 1.807) is 12.1 Å². The number of benzene rings is 2. The fourth-order valence-corrected chi connectivity index (χ4v) is 2.57. The number of halogens is 1. The lowest BCUT2D eigenvalue weighted by Gasteiger charge is -2.27. The molecule has 25 heavy (non-hydrogen) atoms. The number of ether oxygens (including phenoxy) is 1. The zero-order valence-corrected chi connectivity index (χ0v) is 14.5. The number of hydrogen-bond donors (Lipinski definition) is 2. The van der Waals surface area contributed by atoms with Crippen molar-refractivity contribution in [1.82, 2.24) is 4.90 Å². The fourth-order valence-electron chi connectivity index (χ4n) is 2.57. The van der Waals surface area contributed by atoms with E-state index in [1.807, 2.05) is 42.2 Å². The highest BCUT2D eigenvalue weighted by Gasteiger charge is 2.16. The molecule has 2 aromatic carbocycles. The third-order valence-corrected chi connectivity index (χ3v) is 3.93. The minimum absolute atomic E-state index is 0.00551. The van der Waals surface area contributed by atoms with Crippen molar-refractivity contribution >= 4 is 0 Å². The summed E-state index contributed by atoms with van der Waals surface area (Å²) >= 11 is 0. The maximum atomic E-state index is 13.6. The van der Waals surface area contributed by atoms with Crippen LogP contribution in [0.5, 0.6) is 5.75 Å². The molecule has 2 N–H and O–H groups in total. The summed E-state index contributed by atoms with van der Waals surface area (Å²) < 4.78 is 18.9. The predicted molar refractivity (Wildman–Crippen MR) is 95.9 cm³/mol. The molecule has 5 heteroatoms. The smallest absolute Gasteiger partial charge is 0.165 e. The van der Waals surface area contributed by atoms with Crippen molar-refractivity contribution < 1.29 is 19.3 Å². The van der Waals surface area contributed by atoms with Gasteiger partial charge in [0.25, 0.3) is 0 Å². The molecule has 0 spiro atoms. The third-order valence-electron chi connectivity index (χ3n) is 3.93. The number of nitrogens with zero attached hydrogens (tertiary/aromatic N) is 1. The van der Waals surface area contributed by atoms with Crippen LogP contribution in [-0.4, -0.2) is 47.0 Å². The van der Waals surface area contributed by atoms with E-state index in [1.165, 1.54) is 12.1 Å². The van der Waals surface area contributed by atoms with Crippen LogP contribution in [0.1, 0.15) is 18.9 Å². The Morgan fingerprint density at radius 3 is 2.28 bits per heavy atom. The number of aliphatic hydroxyl groups is 2. The lowest BCUT2D eigenvalue weighted by Crippen LogP contribution is -2.39. The van der Waals surface area contributed by atoms with Crippen molar-refractivity contribution in [3.63, 3.8) is 0 Å². The van der Waals surface area contributed by atoms with Crippen molar-refractivity contribution in [2.24, 2.45) is 0 Å². The normalized spacial score (nSPS) is 13.6. The van der Waals surface area contributed by atoms with Gasteiger partial charge >= 0.3 is 0 Å². The Hall–Kier alpha value is -1.95. The van der Waals surface area contributed by atoms with Gasteiger partial charge in [0.2, 0.25) is 0 Å². The molecule has 0 aromatic heterocycles. The molecule has 0 radical (unpaired) electrons. The summed E-state index contributed by atoms with van der Waals surface area (Å²) in [6.07, 6.45) is -0.594. The van der Waals surface area contributed by atoms with Crippen molar-refractivity contribution in [1.29, 1.82) is 0 Å². The van der Waals surface area contributed by atoms with Crippen LogP contribution in [0.4, 0.5) is 4.39 Å². The van der Waals surface area contributed by atoms with E-state index in [2.05, 4.69) is 0 Å². The van der Waals surface area contributed by atoms with Gasteiger partial charge in [-0.2, -0.15) is 0 Å². The van der Waals surface area contributed by atoms with Crippen molar-refractivity contribution in [2.45, 2.75) is 32.1 Å². The molecule has 0 saturated carbocycles. The van der Waals surface area contributed by atoms with Crippen molar-refractivity contribution in [3.05, 3.63) is 66.0 Å². The van der Waals surface area contributed by atoms with Gasteiger partial charge < -0.3 is 14.9 Å². The van der Waals surface area contributed by atoms with Gasteiger partial charge in [0.15, 0.2) is 11.6 Å². The van der Waals surface area contributed by atoms with Crippen LogP contribution in [-0.2, 0) is 6.54 Å². The van der Waals surface area contributed by atoms with Crippen LogP contribution in [0.15, 0.2) is 54.6 Å². The monoisotopic (exact) mass is 347 g/mol. The SMILES string of the molecule is CCC(O)CN(Cc1ccccc1)CC(O)COc1ccccc1F. The Morgan fingerprint density at radius 2 is 1.60 bits per heavy atom. The quantitative estimate of drug-likeness (QED) is 0.694. The standard InChI is InChI=1S/C20H26FNO3/c1-2-17(23)13-22(12-16-8-4-3-5-9-16)14-18(24)15-25-20-11-7-6-10-19(20)21/h3-11,17-18,23-24H,2,12-15H2,1H3. The Balaban J connectivity index is 1.91. The second-order valence-corrected chi connectivity index (χ2v) is 6.14. The molecular formula is C20H26FNO3. The molecule has 0 aliphatic rings. The maximum Gasteiger partial charge on any atom is 0.165 e. The molecule has 0 aliphatic carbocycles. The van der Waals surface area contributed by atoms with Crippen LogP contribution in [0.25, 0.3) is 0 Å². The fraction of sp³-hybridized carbons (Fsp3) is 0.400. The van der Waals surface area contributed by atoms with Gasteiger partial charge in [0, 0.05) is 19.6 Å². The minimum Gasteiger partial charge on any atom is -0.488 e. The van der Waals surface area contributed by atoms with Gasteiger partial charge in [-0.15, -0.1) is 0 Å². The first-order chi connectivity index (χ1) is 12.1. The molecule has 2 atom stereocenters. The second-order valence-electron chi connectivity index (χ2n) is 6.14. The molecule has 2 unspecified atom stereocenters. The largest absolute Gasteiger partial charge is 0.488 e. The summed E-state index contributed by atoms with van der Waals surface area (Å²) in [4.78, 5) is 1.98. The van der Waals surface area contributed by atoms with Gasteiger partial charge in [0.1, 0.15) is 12.7 Å². The van der Waals surface area contributed by atoms with E-state index in [9.17, 15) is 14.6 Å². The van der Waals surface area contributed by atoms with Crippen LogP contribution in [0.2, 0.25) is 0 Å². The van der Waals surface area contributed by atoms with E-state index in [-0.39, 0.29) is 12.4 Å². The van der Waals surface area contributed by atoms with E-state index in [0.29, 0.717) is 26.1 Å². The maximum absolute atomic E-state index is 13.6. The van der Waals surface area contributed by atoms with Gasteiger partial charge in [-0.1, -0.05) is 49.4 Å². The highest BCUT2D eigenvalue weighted by atomic mass is 19.1. The highest BCUT2D eigenvalue weighted by Crippen LogP contribution is 2.16. The first kappa shape index (κ1) is 19.4. The molecule has 0 saturated heterocycles. The number of para-hydroxylation sites is 1. The Labute approximate surface area is 148 Å². The van der Waals surface area contributed by atoms with E-state index < -0.39 is 18.0 Å². The molecule has 0 fully saturated rings. The third kappa shape index (κ3) is 6.82. The summed E-state index contributed by atoms with van der Waals surface area (Å²) in [6.45, 7) is 3.33. The molecule has 4 nitrogen and oxygen atoms in total. The summed E-state index contributed by atoms with van der Waals surface area (Å²) in [5.41, 5.74) is 1.10. The van der Waals surface area contributed by atoms with Crippen molar-refractivity contribution in [3.8, 4) is 5.75 Å². The lowest BCUT2D eigenvalue weighted by molar-refractivity contribution is 0.0406. The first-order valence-corrected chi connectivity index (χ1v) is 8.58. The first-order valence-electron chi connectivity index (χ1n) is 8.58. The second kappa shape index (κ2) is 10.1. The van der Waals surface area contributed by atoms with E-state index >= 15 is 0 Å². The Bertz CT molecular complexity index is 623. The number of aliphatic hydroxyl groups excluding tert-OH is 2. The van der Waals surface area contributed by atoms with Crippen molar-refractivity contribution in [2.75, 3.05) is 19.7 Å². The predicted octanol–water partition coefficient (Wildman–Crippen LogP) is 2.84. The Kier molecular flexibility index (Phi) is 7.85. The highest BCUT2D eigenvalue weighted by molar-refractivity contribution is 5.23. The number of hydrogen-bond acceptors (Lipinski definition) is 4. The molecule has 0 amide bonds. The van der Waals surface area contributed by atoms with Crippen LogP contribution in [0.3, 0.4) is 0 Å². The molecular weight excluding hydrogens is 321 g/mol. The Morgan fingerprint density at radius 1 is 0.960 bits per heavy atom. The average molecular weight is 347 g/mol. The van der Waals surface area contributed by atoms with Crippen LogP contribution >= 0.6 is 0 Å². The lowest BCUT2D eigenvalue weighted by atomic mass is 10.1. The minimum atomic E-state index is -0.785. The van der Waals surface area contributed by atoms with Crippen LogP contribution < -0.4 is 4.74 Å². The molecule has 136 valence electrons. The van der Waals surface area contributed by atoms with Gasteiger partial charge in [0.05, 0.1) is 6.10 Å². The van der Waals surface area contributed by atoms with Gasteiger partial charge in [-0.25, -0.2) is 4.39 Å². The molecule has 2 rings (SSSR count). The van der Waals surface area contributed by atoms with E-state index in [4.69, 9.17) is 4.74 Å². The summed E-state index contributed by atoms with van der Waals surface area (Å²) in [6, 6.07) is 16.0. The molecule has 0 aliphatic heterocycles. The molecule has 0 heterocycles. The van der Waals surface area contributed by atoms with Gasteiger partial charge in [-0.05, 0) is 24.1 Å². The van der Waals surface area contributed by atoms with Crippen LogP contribution in [0, 0.1) is 5.82 Å². The zero-order valence-electron chi connectivity index (χ0n) is 14.5. The summed E-state index contributed by atoms with van der Waals surface area (Å²) in [5, 5.41) is 20.2. The zero-order chi connectivity index (χ0) is 18.1.